The molecule has 2 heterocycles. The largest absolute Gasteiger partial charge is 0.497 e. The van der Waals surface area contributed by atoms with Crippen LogP contribution in [0.25, 0.3) is 0 Å². The molecule has 2 N–H and O–H groups in total. The van der Waals surface area contributed by atoms with Crippen LogP contribution in [0.15, 0.2) is 46.6 Å². The predicted octanol–water partition coefficient (Wildman–Crippen LogP) is 2.44. The average molecular weight is 384 g/mol. The molecule has 0 spiro atoms. The fraction of sp³-hybridized carbons (Fsp3) is 0.333. The number of hydrogen-bond acceptors (Lipinski definition) is 6. The van der Waals surface area contributed by atoms with Gasteiger partial charge in [0.15, 0.2) is 0 Å². The van der Waals surface area contributed by atoms with Crippen LogP contribution in [0.5, 0.6) is 11.5 Å². The smallest absolute Gasteiger partial charge is 0.340 e. The van der Waals surface area contributed by atoms with Gasteiger partial charge in [0.2, 0.25) is 5.88 Å². The van der Waals surface area contributed by atoms with E-state index in [0.717, 1.165) is 11.3 Å². The van der Waals surface area contributed by atoms with Crippen LogP contribution in [0.2, 0.25) is 0 Å². The number of esters is 1. The van der Waals surface area contributed by atoms with Gasteiger partial charge >= 0.3 is 5.97 Å². The van der Waals surface area contributed by atoms with E-state index in [1.54, 1.807) is 48.9 Å². The van der Waals surface area contributed by atoms with Crippen molar-refractivity contribution in [3.8, 4) is 11.5 Å². The first-order chi connectivity index (χ1) is 13.4. The molecule has 0 saturated carbocycles. The highest BCUT2D eigenvalue weighted by molar-refractivity contribution is 5.92. The molecule has 1 aliphatic rings. The Morgan fingerprint density at radius 1 is 1.25 bits per heavy atom. The Bertz CT molecular complexity index is 989. The predicted molar refractivity (Wildman–Crippen MR) is 104 cm³/mol. The molecule has 0 saturated heterocycles. The zero-order chi connectivity index (χ0) is 20.4. The van der Waals surface area contributed by atoms with E-state index in [-0.39, 0.29) is 23.6 Å². The van der Waals surface area contributed by atoms with Gasteiger partial charge in [-0.15, -0.1) is 0 Å². The van der Waals surface area contributed by atoms with Gasteiger partial charge in [0, 0.05) is 18.3 Å². The summed E-state index contributed by atoms with van der Waals surface area (Å²) in [6.45, 7) is 6.12. The summed E-state index contributed by atoms with van der Waals surface area (Å²) >= 11 is 0. The summed E-state index contributed by atoms with van der Waals surface area (Å²) in [4.78, 5) is 25.9. The SMILES string of the molecule is CCOC(=O)C1=C(N)Oc2cc(C)n(CC)c(=O)c2C1c1ccc(OC)cc1. The summed E-state index contributed by atoms with van der Waals surface area (Å²) in [5.41, 5.74) is 7.86. The molecule has 2 aromatic rings. The minimum Gasteiger partial charge on any atom is -0.497 e. The van der Waals surface area contributed by atoms with Gasteiger partial charge in [-0.1, -0.05) is 12.1 Å². The molecule has 28 heavy (non-hydrogen) atoms. The first kappa shape index (κ1) is 19.5. The fourth-order valence-corrected chi connectivity index (χ4v) is 3.52. The number of fused-ring (bicyclic) bond motifs is 1. The second kappa shape index (κ2) is 7.80. The number of ether oxygens (including phenoxy) is 3. The van der Waals surface area contributed by atoms with E-state index in [9.17, 15) is 9.59 Å². The number of nitrogens with zero attached hydrogens (tertiary/aromatic N) is 1. The van der Waals surface area contributed by atoms with Gasteiger partial charge in [0.25, 0.3) is 5.56 Å². The van der Waals surface area contributed by atoms with Gasteiger partial charge in [-0.2, -0.15) is 0 Å². The number of aromatic nitrogens is 1. The van der Waals surface area contributed by atoms with Gasteiger partial charge in [0.05, 0.1) is 25.2 Å². The van der Waals surface area contributed by atoms with Crippen LogP contribution in [0.3, 0.4) is 0 Å². The van der Waals surface area contributed by atoms with Crippen molar-refractivity contribution >= 4 is 5.97 Å². The van der Waals surface area contributed by atoms with E-state index in [0.29, 0.717) is 23.6 Å². The van der Waals surface area contributed by atoms with Crippen molar-refractivity contribution in [1.29, 1.82) is 0 Å². The van der Waals surface area contributed by atoms with Crippen molar-refractivity contribution in [2.45, 2.75) is 33.2 Å². The van der Waals surface area contributed by atoms with E-state index >= 15 is 0 Å². The molecule has 7 nitrogen and oxygen atoms in total. The van der Waals surface area contributed by atoms with Crippen molar-refractivity contribution < 1.29 is 19.0 Å². The Morgan fingerprint density at radius 2 is 1.93 bits per heavy atom. The molecule has 7 heteroatoms. The highest BCUT2D eigenvalue weighted by Gasteiger charge is 2.38. The van der Waals surface area contributed by atoms with Crippen molar-refractivity contribution in [1.82, 2.24) is 4.57 Å². The molecule has 1 aromatic carbocycles. The summed E-state index contributed by atoms with van der Waals surface area (Å²) in [5, 5.41) is 0. The maximum Gasteiger partial charge on any atom is 0.340 e. The van der Waals surface area contributed by atoms with Gasteiger partial charge in [-0.05, 0) is 38.5 Å². The lowest BCUT2D eigenvalue weighted by Gasteiger charge is -2.29. The quantitative estimate of drug-likeness (QED) is 0.796. The summed E-state index contributed by atoms with van der Waals surface area (Å²) in [6.07, 6.45) is 0. The van der Waals surface area contributed by atoms with Crippen molar-refractivity contribution in [2.75, 3.05) is 13.7 Å². The molecule has 0 fully saturated rings. The molecule has 1 aromatic heterocycles. The Morgan fingerprint density at radius 3 is 2.50 bits per heavy atom. The zero-order valence-electron chi connectivity index (χ0n) is 16.4. The number of carbonyl (C=O) groups excluding carboxylic acids is 1. The average Bonchev–Trinajstić information content (AvgIpc) is 2.67. The molecule has 0 radical (unpaired) electrons. The van der Waals surface area contributed by atoms with Crippen LogP contribution < -0.4 is 20.8 Å². The third kappa shape index (κ3) is 3.24. The van der Waals surface area contributed by atoms with Crippen LogP contribution in [0, 0.1) is 6.92 Å². The number of pyridine rings is 1. The summed E-state index contributed by atoms with van der Waals surface area (Å²) in [6, 6.07) is 8.93. The maximum absolute atomic E-state index is 13.2. The zero-order valence-corrected chi connectivity index (χ0v) is 16.4. The second-order valence-electron chi connectivity index (χ2n) is 6.42. The number of hydrogen-bond donors (Lipinski definition) is 1. The molecule has 3 rings (SSSR count). The normalized spacial score (nSPS) is 15.6. The van der Waals surface area contributed by atoms with Crippen LogP contribution in [-0.2, 0) is 16.1 Å². The molecule has 0 bridgehead atoms. The molecule has 0 aliphatic carbocycles. The second-order valence-corrected chi connectivity index (χ2v) is 6.42. The van der Waals surface area contributed by atoms with Gasteiger partial charge < -0.3 is 24.5 Å². The lowest BCUT2D eigenvalue weighted by molar-refractivity contribution is -0.139. The minimum atomic E-state index is -0.695. The third-order valence-electron chi connectivity index (χ3n) is 4.83. The van der Waals surface area contributed by atoms with E-state index in [2.05, 4.69) is 0 Å². The molecule has 1 unspecified atom stereocenters. The number of carbonyl (C=O) groups is 1. The lowest BCUT2D eigenvalue weighted by atomic mass is 9.83. The van der Waals surface area contributed by atoms with E-state index in [1.165, 1.54) is 0 Å². The Hall–Kier alpha value is -3.22. The topological polar surface area (TPSA) is 92.8 Å². The molecular weight excluding hydrogens is 360 g/mol. The Balaban J connectivity index is 2.29. The van der Waals surface area contributed by atoms with Crippen LogP contribution in [0.4, 0.5) is 0 Å². The van der Waals surface area contributed by atoms with Crippen molar-refractivity contribution in [2.24, 2.45) is 5.73 Å². The number of aryl methyl sites for hydroxylation is 1. The number of nitrogens with two attached hydrogens (primary N) is 1. The molecule has 0 amide bonds. The Labute approximate surface area is 163 Å². The lowest BCUT2D eigenvalue weighted by Crippen LogP contribution is -2.35. The number of rotatable bonds is 5. The highest BCUT2D eigenvalue weighted by Crippen LogP contribution is 2.41. The molecule has 1 aliphatic heterocycles. The monoisotopic (exact) mass is 384 g/mol. The number of methoxy groups -OCH3 is 1. The van der Waals surface area contributed by atoms with Crippen molar-refractivity contribution in [3.63, 3.8) is 0 Å². The van der Waals surface area contributed by atoms with Gasteiger partial charge in [-0.25, -0.2) is 4.79 Å². The molecular formula is C21H24N2O5. The van der Waals surface area contributed by atoms with Gasteiger partial charge in [0.1, 0.15) is 17.1 Å². The third-order valence-corrected chi connectivity index (χ3v) is 4.83. The van der Waals surface area contributed by atoms with Crippen LogP contribution in [0.1, 0.15) is 36.6 Å². The summed E-state index contributed by atoms with van der Waals surface area (Å²) < 4.78 is 17.7. The Kier molecular flexibility index (Phi) is 5.44. The van der Waals surface area contributed by atoms with Crippen LogP contribution in [-0.4, -0.2) is 24.3 Å². The number of benzene rings is 1. The van der Waals surface area contributed by atoms with E-state index < -0.39 is 11.9 Å². The summed E-state index contributed by atoms with van der Waals surface area (Å²) in [7, 11) is 1.57. The molecule has 1 atom stereocenters. The highest BCUT2D eigenvalue weighted by atomic mass is 16.5. The summed E-state index contributed by atoms with van der Waals surface area (Å²) in [5.74, 6) is -0.326. The first-order valence-corrected chi connectivity index (χ1v) is 9.15. The van der Waals surface area contributed by atoms with E-state index in [1.807, 2.05) is 13.8 Å². The van der Waals surface area contributed by atoms with Crippen LogP contribution >= 0.6 is 0 Å². The first-order valence-electron chi connectivity index (χ1n) is 9.15. The molecule has 148 valence electrons. The minimum absolute atomic E-state index is 0.0557. The maximum atomic E-state index is 13.2. The van der Waals surface area contributed by atoms with Gasteiger partial charge in [-0.3, -0.25) is 4.79 Å². The van der Waals surface area contributed by atoms with E-state index in [4.69, 9.17) is 19.9 Å². The standard InChI is InChI=1S/C21H24N2O5/c1-5-23-12(3)11-15-17(20(23)24)16(13-7-9-14(26-4)10-8-13)18(19(22)28-15)21(25)27-6-2/h7-11,16H,5-6,22H2,1-4H3. The fourth-order valence-electron chi connectivity index (χ4n) is 3.52. The van der Waals surface area contributed by atoms with Crippen molar-refractivity contribution in [3.05, 3.63) is 69.0 Å².